The maximum absolute atomic E-state index is 10.3. The highest BCUT2D eigenvalue weighted by Crippen LogP contribution is 2.03. The van der Waals surface area contributed by atoms with Crippen molar-refractivity contribution in [3.05, 3.63) is 0 Å². The normalized spacial score (nSPS) is 13.8. The van der Waals surface area contributed by atoms with E-state index in [9.17, 15) is 8.42 Å². The Bertz CT molecular complexity index is 239. The SMILES string of the molecule is CCC(N=C=S)S(=O)(=O)O. The molecule has 0 bridgehead atoms. The van der Waals surface area contributed by atoms with E-state index in [1.807, 2.05) is 5.16 Å². The first-order chi connectivity index (χ1) is 4.52. The molecule has 0 saturated heterocycles. The zero-order valence-electron chi connectivity index (χ0n) is 5.31. The molecule has 0 amide bonds. The average molecular weight is 181 g/mol. The van der Waals surface area contributed by atoms with Gasteiger partial charge in [-0.05, 0) is 18.6 Å². The molecule has 10 heavy (non-hydrogen) atoms. The van der Waals surface area contributed by atoms with E-state index in [0.29, 0.717) is 0 Å². The first-order valence-electron chi connectivity index (χ1n) is 2.55. The molecule has 58 valence electrons. The first kappa shape index (κ1) is 9.71. The summed E-state index contributed by atoms with van der Waals surface area (Å²) in [6, 6.07) is 0. The highest BCUT2D eigenvalue weighted by Gasteiger charge is 2.18. The Hall–Kier alpha value is -0.290. The predicted molar refractivity (Wildman–Crippen MR) is 40.7 cm³/mol. The Morgan fingerprint density at radius 3 is 2.40 bits per heavy atom. The van der Waals surface area contributed by atoms with Crippen LogP contribution in [0.1, 0.15) is 13.3 Å². The van der Waals surface area contributed by atoms with Crippen molar-refractivity contribution in [1.29, 1.82) is 0 Å². The molecule has 1 atom stereocenters. The molecule has 0 aliphatic rings. The van der Waals surface area contributed by atoms with E-state index >= 15 is 0 Å². The van der Waals surface area contributed by atoms with Gasteiger partial charge in [0.05, 0.1) is 5.16 Å². The lowest BCUT2D eigenvalue weighted by Crippen LogP contribution is -2.16. The second kappa shape index (κ2) is 3.78. The lowest BCUT2D eigenvalue weighted by molar-refractivity contribution is 0.466. The van der Waals surface area contributed by atoms with Gasteiger partial charge in [-0.2, -0.15) is 8.42 Å². The topological polar surface area (TPSA) is 66.7 Å². The van der Waals surface area contributed by atoms with Gasteiger partial charge in [0.2, 0.25) is 0 Å². The molecule has 0 fully saturated rings. The minimum absolute atomic E-state index is 0.197. The van der Waals surface area contributed by atoms with Crippen LogP contribution in [0, 0.1) is 0 Å². The molecule has 0 spiro atoms. The summed E-state index contributed by atoms with van der Waals surface area (Å²) >= 11 is 4.17. The van der Waals surface area contributed by atoms with Crippen LogP contribution in [0.2, 0.25) is 0 Å². The summed E-state index contributed by atoms with van der Waals surface area (Å²) in [5.41, 5.74) is 0. The van der Waals surface area contributed by atoms with Crippen LogP contribution < -0.4 is 0 Å². The van der Waals surface area contributed by atoms with E-state index in [1.165, 1.54) is 0 Å². The molecule has 1 unspecified atom stereocenters. The fourth-order valence-corrected chi connectivity index (χ4v) is 1.23. The second-order valence-corrected chi connectivity index (χ2v) is 3.35. The van der Waals surface area contributed by atoms with Crippen molar-refractivity contribution < 1.29 is 13.0 Å². The van der Waals surface area contributed by atoms with Crippen LogP contribution in [0.3, 0.4) is 0 Å². The molecule has 0 radical (unpaired) electrons. The summed E-state index contributed by atoms with van der Waals surface area (Å²) in [6.45, 7) is 1.58. The molecule has 0 aliphatic heterocycles. The van der Waals surface area contributed by atoms with Crippen molar-refractivity contribution in [1.82, 2.24) is 0 Å². The fourth-order valence-electron chi connectivity index (χ4n) is 0.427. The zero-order valence-corrected chi connectivity index (χ0v) is 6.94. The van der Waals surface area contributed by atoms with Crippen molar-refractivity contribution in [3.8, 4) is 0 Å². The number of rotatable bonds is 3. The molecule has 0 aromatic heterocycles. The monoisotopic (exact) mass is 181 g/mol. The lowest BCUT2D eigenvalue weighted by Gasteiger charge is -2.01. The summed E-state index contributed by atoms with van der Waals surface area (Å²) in [6.07, 6.45) is 0.197. The molecule has 6 heteroatoms. The fraction of sp³-hybridized carbons (Fsp3) is 0.750. The van der Waals surface area contributed by atoms with E-state index in [0.717, 1.165) is 0 Å². The van der Waals surface area contributed by atoms with E-state index in [-0.39, 0.29) is 6.42 Å². The molecular weight excluding hydrogens is 174 g/mol. The number of isothiocyanates is 1. The number of hydrogen-bond donors (Lipinski definition) is 1. The molecular formula is C4H7NO3S2. The summed E-state index contributed by atoms with van der Waals surface area (Å²) in [7, 11) is -4.07. The van der Waals surface area contributed by atoms with Gasteiger partial charge in [-0.15, -0.1) is 0 Å². The second-order valence-electron chi connectivity index (χ2n) is 1.60. The Morgan fingerprint density at radius 1 is 1.80 bits per heavy atom. The third-order valence-electron chi connectivity index (χ3n) is 0.890. The first-order valence-corrected chi connectivity index (χ1v) is 4.46. The van der Waals surface area contributed by atoms with Crippen molar-refractivity contribution in [2.75, 3.05) is 0 Å². The Kier molecular flexibility index (Phi) is 3.67. The highest BCUT2D eigenvalue weighted by molar-refractivity contribution is 7.86. The van der Waals surface area contributed by atoms with Gasteiger partial charge in [0, 0.05) is 0 Å². The van der Waals surface area contributed by atoms with Gasteiger partial charge in [0.25, 0.3) is 10.1 Å². The summed E-state index contributed by atoms with van der Waals surface area (Å²) in [4.78, 5) is 3.24. The molecule has 0 rings (SSSR count). The van der Waals surface area contributed by atoms with E-state index in [4.69, 9.17) is 4.55 Å². The molecule has 0 aliphatic carbocycles. The van der Waals surface area contributed by atoms with Crippen LogP contribution in [-0.2, 0) is 10.1 Å². The van der Waals surface area contributed by atoms with Crippen LogP contribution in [0.25, 0.3) is 0 Å². The smallest absolute Gasteiger partial charge is 0.284 e. The zero-order chi connectivity index (χ0) is 8.20. The summed E-state index contributed by atoms with van der Waals surface area (Å²) in [5, 5.41) is 0.746. The van der Waals surface area contributed by atoms with Gasteiger partial charge in [0.1, 0.15) is 0 Å². The maximum Gasteiger partial charge on any atom is 0.289 e. The van der Waals surface area contributed by atoms with Crippen molar-refractivity contribution in [2.45, 2.75) is 18.7 Å². The van der Waals surface area contributed by atoms with Gasteiger partial charge < -0.3 is 0 Å². The summed E-state index contributed by atoms with van der Waals surface area (Å²) < 4.78 is 29.1. The average Bonchev–Trinajstić information content (AvgIpc) is 1.80. The number of thiocarbonyl (C=S) groups is 1. The van der Waals surface area contributed by atoms with Gasteiger partial charge in [-0.3, -0.25) is 4.55 Å². The third kappa shape index (κ3) is 3.03. The van der Waals surface area contributed by atoms with Gasteiger partial charge in [-0.1, -0.05) is 6.92 Å². The molecule has 0 aromatic rings. The van der Waals surface area contributed by atoms with Crippen LogP contribution in [0.5, 0.6) is 0 Å². The molecule has 1 N–H and O–H groups in total. The third-order valence-corrected chi connectivity index (χ3v) is 2.12. The molecule has 0 heterocycles. The van der Waals surface area contributed by atoms with Crippen LogP contribution in [0.4, 0.5) is 0 Å². The number of nitrogens with zero attached hydrogens (tertiary/aromatic N) is 1. The van der Waals surface area contributed by atoms with Gasteiger partial charge in [0.15, 0.2) is 5.37 Å². The van der Waals surface area contributed by atoms with Crippen LogP contribution in [0.15, 0.2) is 4.99 Å². The minimum Gasteiger partial charge on any atom is -0.284 e. The molecule has 0 saturated carbocycles. The van der Waals surface area contributed by atoms with Crippen molar-refractivity contribution in [2.24, 2.45) is 4.99 Å². The number of hydrogen-bond acceptors (Lipinski definition) is 4. The van der Waals surface area contributed by atoms with E-state index in [1.54, 1.807) is 6.92 Å². The van der Waals surface area contributed by atoms with E-state index < -0.39 is 15.5 Å². The minimum atomic E-state index is -4.07. The standard InChI is InChI=1S/C4H7NO3S2/c1-2-4(5-3-9)10(6,7)8/h4H,2H2,1H3,(H,6,7,8). The largest absolute Gasteiger partial charge is 0.289 e. The van der Waals surface area contributed by atoms with Crippen molar-refractivity contribution >= 4 is 27.5 Å². The quantitative estimate of drug-likeness (QED) is 0.395. The van der Waals surface area contributed by atoms with Gasteiger partial charge >= 0.3 is 0 Å². The van der Waals surface area contributed by atoms with Crippen molar-refractivity contribution in [3.63, 3.8) is 0 Å². The van der Waals surface area contributed by atoms with Gasteiger partial charge in [-0.25, -0.2) is 4.99 Å². The van der Waals surface area contributed by atoms with Crippen LogP contribution >= 0.6 is 12.2 Å². The summed E-state index contributed by atoms with van der Waals surface area (Å²) in [5.74, 6) is 0. The highest BCUT2D eigenvalue weighted by atomic mass is 32.2. The predicted octanol–water partition coefficient (Wildman–Crippen LogP) is 0.713. The Labute approximate surface area is 64.7 Å². The molecule has 0 aromatic carbocycles. The Balaban J connectivity index is 4.53. The van der Waals surface area contributed by atoms with Crippen LogP contribution in [-0.4, -0.2) is 23.5 Å². The lowest BCUT2D eigenvalue weighted by atomic mass is 10.5. The maximum atomic E-state index is 10.3. The Morgan fingerprint density at radius 2 is 2.30 bits per heavy atom. The van der Waals surface area contributed by atoms with E-state index in [2.05, 4.69) is 17.2 Å². The molecule has 4 nitrogen and oxygen atoms in total. The number of aliphatic imine (C=N–C) groups is 1.